The highest BCUT2D eigenvalue weighted by atomic mass is 32.1. The molecule has 0 amide bonds. The zero-order valence-electron chi connectivity index (χ0n) is 10.9. The number of imidazole rings is 1. The third-order valence-corrected chi connectivity index (χ3v) is 3.48. The molecule has 1 heterocycles. The summed E-state index contributed by atoms with van der Waals surface area (Å²) in [5.74, 6) is 0. The van der Waals surface area contributed by atoms with Crippen molar-refractivity contribution < 1.29 is 5.11 Å². The first-order valence-electron chi connectivity index (χ1n) is 6.14. The Bertz CT molecular complexity index is 383. The van der Waals surface area contributed by atoms with E-state index in [4.69, 9.17) is 17.3 Å². The standard InChI is InChI=1S/C12H23N3OS/c1-10(2)14(3)6-4-5-7-15-11(9-16)8-13-12(15)17/h8,10,16H,4-7,9H2,1-3H3,(H,13,17). The average molecular weight is 257 g/mol. The Morgan fingerprint density at radius 3 is 2.76 bits per heavy atom. The van der Waals surface area contributed by atoms with E-state index in [0.717, 1.165) is 31.6 Å². The summed E-state index contributed by atoms with van der Waals surface area (Å²) in [6.07, 6.45) is 4.01. The molecule has 0 fully saturated rings. The molecule has 0 bridgehead atoms. The first-order valence-corrected chi connectivity index (χ1v) is 6.55. The molecule has 2 N–H and O–H groups in total. The van der Waals surface area contributed by atoms with E-state index in [9.17, 15) is 0 Å². The minimum absolute atomic E-state index is 0.0407. The fourth-order valence-corrected chi connectivity index (χ4v) is 1.96. The van der Waals surface area contributed by atoms with Gasteiger partial charge in [0.15, 0.2) is 4.77 Å². The first-order chi connectivity index (χ1) is 8.06. The largest absolute Gasteiger partial charge is 0.390 e. The molecule has 0 aliphatic carbocycles. The van der Waals surface area contributed by atoms with Crippen LogP contribution in [0.3, 0.4) is 0 Å². The number of unbranched alkanes of at least 4 members (excludes halogenated alkanes) is 1. The molecule has 0 radical (unpaired) electrons. The second kappa shape index (κ2) is 6.93. The topological polar surface area (TPSA) is 44.2 Å². The van der Waals surface area contributed by atoms with Gasteiger partial charge in [0.25, 0.3) is 0 Å². The van der Waals surface area contributed by atoms with Crippen molar-refractivity contribution in [1.29, 1.82) is 0 Å². The number of hydrogen-bond acceptors (Lipinski definition) is 3. The third kappa shape index (κ3) is 4.26. The van der Waals surface area contributed by atoms with Gasteiger partial charge in [-0.15, -0.1) is 0 Å². The normalized spacial score (nSPS) is 11.6. The molecule has 0 aromatic carbocycles. The Balaban J connectivity index is 2.36. The fraction of sp³-hybridized carbons (Fsp3) is 0.750. The van der Waals surface area contributed by atoms with Gasteiger partial charge in [-0.05, 0) is 52.5 Å². The van der Waals surface area contributed by atoms with Gasteiger partial charge in [0.1, 0.15) is 0 Å². The Hall–Kier alpha value is -0.650. The molecular formula is C12H23N3OS. The van der Waals surface area contributed by atoms with Gasteiger partial charge >= 0.3 is 0 Å². The van der Waals surface area contributed by atoms with E-state index in [0.29, 0.717) is 10.8 Å². The molecular weight excluding hydrogens is 234 g/mol. The number of aliphatic hydroxyl groups is 1. The van der Waals surface area contributed by atoms with Crippen LogP contribution in [0.15, 0.2) is 6.20 Å². The lowest BCUT2D eigenvalue weighted by Gasteiger charge is -2.20. The number of nitrogens with zero attached hydrogens (tertiary/aromatic N) is 2. The third-order valence-electron chi connectivity index (χ3n) is 3.14. The maximum atomic E-state index is 9.15. The van der Waals surface area contributed by atoms with Crippen LogP contribution in [0.1, 0.15) is 32.4 Å². The number of H-pyrrole nitrogens is 1. The van der Waals surface area contributed by atoms with Crippen LogP contribution in [0.25, 0.3) is 0 Å². The minimum atomic E-state index is 0.0407. The van der Waals surface area contributed by atoms with E-state index in [2.05, 4.69) is 30.8 Å². The van der Waals surface area contributed by atoms with Gasteiger partial charge in [0.05, 0.1) is 12.3 Å². The maximum absolute atomic E-state index is 9.15. The van der Waals surface area contributed by atoms with Gasteiger partial charge in [-0.3, -0.25) is 0 Å². The predicted octanol–water partition coefficient (Wildman–Crippen LogP) is 2.16. The van der Waals surface area contributed by atoms with E-state index < -0.39 is 0 Å². The van der Waals surface area contributed by atoms with E-state index in [1.54, 1.807) is 6.20 Å². The van der Waals surface area contributed by atoms with Crippen molar-refractivity contribution in [2.75, 3.05) is 13.6 Å². The number of aromatic nitrogens is 2. The summed E-state index contributed by atoms with van der Waals surface area (Å²) in [5.41, 5.74) is 0.868. The summed E-state index contributed by atoms with van der Waals surface area (Å²) in [6, 6.07) is 0.595. The second-order valence-corrected chi connectivity index (χ2v) is 5.06. The predicted molar refractivity (Wildman–Crippen MR) is 72.5 cm³/mol. The maximum Gasteiger partial charge on any atom is 0.177 e. The molecule has 0 atom stereocenters. The van der Waals surface area contributed by atoms with Crippen LogP contribution in [0, 0.1) is 4.77 Å². The van der Waals surface area contributed by atoms with Crippen molar-refractivity contribution in [2.24, 2.45) is 0 Å². The molecule has 0 spiro atoms. The molecule has 1 aromatic heterocycles. The second-order valence-electron chi connectivity index (χ2n) is 4.68. The summed E-state index contributed by atoms with van der Waals surface area (Å²) < 4.78 is 2.68. The molecule has 1 rings (SSSR count). The van der Waals surface area contributed by atoms with Crippen molar-refractivity contribution in [2.45, 2.75) is 45.9 Å². The van der Waals surface area contributed by atoms with Crippen LogP contribution in [0.4, 0.5) is 0 Å². The SMILES string of the molecule is CC(C)N(C)CCCCn1c(CO)c[nH]c1=S. The van der Waals surface area contributed by atoms with Gasteiger partial charge in [0.2, 0.25) is 0 Å². The zero-order chi connectivity index (χ0) is 12.8. The summed E-state index contributed by atoms with van der Waals surface area (Å²) in [6.45, 7) is 6.42. The van der Waals surface area contributed by atoms with Gasteiger partial charge < -0.3 is 19.6 Å². The Morgan fingerprint density at radius 1 is 1.47 bits per heavy atom. The lowest BCUT2D eigenvalue weighted by Crippen LogP contribution is -2.27. The van der Waals surface area contributed by atoms with Crippen LogP contribution in [0.2, 0.25) is 0 Å². The molecule has 4 nitrogen and oxygen atoms in total. The van der Waals surface area contributed by atoms with Gasteiger partial charge in [-0.2, -0.15) is 0 Å². The molecule has 5 heteroatoms. The molecule has 98 valence electrons. The molecule has 0 unspecified atom stereocenters. The monoisotopic (exact) mass is 257 g/mol. The summed E-state index contributed by atoms with van der Waals surface area (Å²) >= 11 is 5.17. The van der Waals surface area contributed by atoms with Crippen LogP contribution in [0.5, 0.6) is 0 Å². The summed E-state index contributed by atoms with van der Waals surface area (Å²) in [4.78, 5) is 5.30. The highest BCUT2D eigenvalue weighted by Crippen LogP contribution is 2.05. The molecule has 17 heavy (non-hydrogen) atoms. The lowest BCUT2D eigenvalue weighted by molar-refractivity contribution is 0.260. The number of aromatic amines is 1. The first kappa shape index (κ1) is 14.4. The van der Waals surface area contributed by atoms with E-state index >= 15 is 0 Å². The van der Waals surface area contributed by atoms with E-state index in [-0.39, 0.29) is 6.61 Å². The van der Waals surface area contributed by atoms with Crippen LogP contribution in [-0.2, 0) is 13.2 Å². The summed E-state index contributed by atoms with van der Waals surface area (Å²) in [5, 5.41) is 9.15. The number of hydrogen-bond donors (Lipinski definition) is 2. The Labute approximate surface area is 108 Å². The number of rotatable bonds is 7. The summed E-state index contributed by atoms with van der Waals surface area (Å²) in [7, 11) is 2.14. The van der Waals surface area contributed by atoms with Crippen molar-refractivity contribution >= 4 is 12.2 Å². The smallest absolute Gasteiger partial charge is 0.177 e. The molecule has 0 aliphatic heterocycles. The van der Waals surface area contributed by atoms with Gasteiger partial charge in [-0.1, -0.05) is 0 Å². The quantitative estimate of drug-likeness (QED) is 0.581. The van der Waals surface area contributed by atoms with Crippen LogP contribution in [-0.4, -0.2) is 39.2 Å². The molecule has 0 aliphatic rings. The number of nitrogens with one attached hydrogen (secondary N) is 1. The van der Waals surface area contributed by atoms with Crippen LogP contribution < -0.4 is 0 Å². The highest BCUT2D eigenvalue weighted by molar-refractivity contribution is 7.71. The van der Waals surface area contributed by atoms with Crippen LogP contribution >= 0.6 is 12.2 Å². The molecule has 0 saturated carbocycles. The molecule has 0 saturated heterocycles. The zero-order valence-corrected chi connectivity index (χ0v) is 11.8. The van der Waals surface area contributed by atoms with Crippen molar-refractivity contribution in [3.05, 3.63) is 16.7 Å². The Kier molecular flexibility index (Phi) is 5.88. The highest BCUT2D eigenvalue weighted by Gasteiger charge is 2.04. The van der Waals surface area contributed by atoms with Crippen molar-refractivity contribution in [3.8, 4) is 0 Å². The Morgan fingerprint density at radius 2 is 2.18 bits per heavy atom. The van der Waals surface area contributed by atoms with Crippen molar-refractivity contribution in [3.63, 3.8) is 0 Å². The molecule has 1 aromatic rings. The van der Waals surface area contributed by atoms with E-state index in [1.165, 1.54) is 0 Å². The van der Waals surface area contributed by atoms with E-state index in [1.807, 2.05) is 4.57 Å². The van der Waals surface area contributed by atoms with Crippen molar-refractivity contribution in [1.82, 2.24) is 14.5 Å². The fourth-order valence-electron chi connectivity index (χ4n) is 1.70. The lowest BCUT2D eigenvalue weighted by atomic mass is 10.2. The van der Waals surface area contributed by atoms with Gasteiger partial charge in [-0.25, -0.2) is 0 Å². The average Bonchev–Trinajstić information content (AvgIpc) is 2.65. The minimum Gasteiger partial charge on any atom is -0.390 e. The number of aliphatic hydroxyl groups excluding tert-OH is 1. The van der Waals surface area contributed by atoms with Gasteiger partial charge in [0, 0.05) is 18.8 Å².